The Balaban J connectivity index is 2.20. The third-order valence-electron chi connectivity index (χ3n) is 5.87. The summed E-state index contributed by atoms with van der Waals surface area (Å²) in [4.78, 5) is 17.5. The van der Waals surface area contributed by atoms with Crippen molar-refractivity contribution in [3.05, 3.63) is 46.5 Å². The normalized spacial score (nSPS) is 14.3. The van der Waals surface area contributed by atoms with Crippen molar-refractivity contribution in [1.29, 1.82) is 0 Å². The molecule has 1 aromatic heterocycles. The Morgan fingerprint density at radius 2 is 1.94 bits per heavy atom. The van der Waals surface area contributed by atoms with E-state index < -0.39 is 14.3 Å². The summed E-state index contributed by atoms with van der Waals surface area (Å²) in [6.45, 7) is 15.4. The number of imidazole rings is 1. The summed E-state index contributed by atoms with van der Waals surface area (Å²) in [5.74, 6) is 0.439. The van der Waals surface area contributed by atoms with Crippen LogP contribution in [0.15, 0.2) is 35.6 Å². The van der Waals surface area contributed by atoms with Gasteiger partial charge in [-0.15, -0.1) is 11.8 Å². The summed E-state index contributed by atoms with van der Waals surface area (Å²) in [6.07, 6.45) is 4.25. The molecule has 1 aromatic carbocycles. The fraction of sp³-hybridized carbons (Fsp3) is 0.565. The van der Waals surface area contributed by atoms with Gasteiger partial charge in [0.05, 0.1) is 35.1 Å². The van der Waals surface area contributed by atoms with Crippen molar-refractivity contribution in [2.24, 2.45) is 0 Å². The molecule has 0 fully saturated rings. The molecule has 32 heavy (non-hydrogen) atoms. The van der Waals surface area contributed by atoms with E-state index in [9.17, 15) is 4.79 Å². The van der Waals surface area contributed by atoms with E-state index in [4.69, 9.17) is 32.4 Å². The van der Waals surface area contributed by atoms with Gasteiger partial charge >= 0.3 is 5.97 Å². The van der Waals surface area contributed by atoms with Gasteiger partial charge in [-0.05, 0) is 56.6 Å². The summed E-state index contributed by atoms with van der Waals surface area (Å²) in [5, 5.41) is 1.21. The van der Waals surface area contributed by atoms with Crippen molar-refractivity contribution in [2.45, 2.75) is 76.2 Å². The van der Waals surface area contributed by atoms with Crippen LogP contribution >= 0.6 is 35.0 Å². The molecule has 2 atom stereocenters. The monoisotopic (exact) mass is 516 g/mol. The van der Waals surface area contributed by atoms with Crippen molar-refractivity contribution in [3.8, 4) is 0 Å². The quantitative estimate of drug-likeness (QED) is 0.186. The zero-order chi connectivity index (χ0) is 24.1. The summed E-state index contributed by atoms with van der Waals surface area (Å²) in [6, 6.07) is 5.69. The van der Waals surface area contributed by atoms with Crippen LogP contribution in [0.1, 0.15) is 57.6 Å². The maximum absolute atomic E-state index is 12.1. The maximum Gasteiger partial charge on any atom is 0.358 e. The number of benzene rings is 1. The fourth-order valence-electron chi connectivity index (χ4n) is 3.04. The molecule has 0 bridgehead atoms. The second kappa shape index (κ2) is 11.4. The number of halogens is 2. The SMILES string of the molecule is CCOC(=O)c1cn(C(CCSc2ccc(Cl)c(Cl)c2)C(C)O[Si](C)(C)C(C)(C)C)cn1. The second-order valence-electron chi connectivity index (χ2n) is 9.29. The topological polar surface area (TPSA) is 53.4 Å². The van der Waals surface area contributed by atoms with Crippen LogP contribution in [0.5, 0.6) is 0 Å². The molecule has 5 nitrogen and oxygen atoms in total. The Bertz CT molecular complexity index is 915. The molecule has 0 saturated carbocycles. The zero-order valence-corrected chi connectivity index (χ0v) is 23.3. The van der Waals surface area contributed by atoms with E-state index in [1.807, 2.05) is 22.8 Å². The standard InChI is InChI=1S/C23H34Cl2N2O3SSi/c1-8-29-22(28)20-14-27(15-26-20)21(16(2)30-32(6,7)23(3,4)5)11-12-31-17-9-10-18(24)19(25)13-17/h9-10,13-16,21H,8,11-12H2,1-7H3. The third-order valence-corrected chi connectivity index (χ3v) is 12.2. The molecule has 0 aliphatic rings. The van der Waals surface area contributed by atoms with Crippen LogP contribution < -0.4 is 0 Å². The number of thioether (sulfide) groups is 1. The number of hydrogen-bond acceptors (Lipinski definition) is 5. The highest BCUT2D eigenvalue weighted by atomic mass is 35.5. The highest BCUT2D eigenvalue weighted by Crippen LogP contribution is 2.39. The van der Waals surface area contributed by atoms with Gasteiger partial charge in [0, 0.05) is 16.8 Å². The number of hydrogen-bond donors (Lipinski definition) is 0. The maximum atomic E-state index is 12.1. The van der Waals surface area contributed by atoms with Crippen LogP contribution in [0.2, 0.25) is 28.2 Å². The van der Waals surface area contributed by atoms with Crippen molar-refractivity contribution in [2.75, 3.05) is 12.4 Å². The van der Waals surface area contributed by atoms with Gasteiger partial charge in [0.25, 0.3) is 0 Å². The van der Waals surface area contributed by atoms with Gasteiger partial charge in [0.15, 0.2) is 14.0 Å². The largest absolute Gasteiger partial charge is 0.461 e. The van der Waals surface area contributed by atoms with E-state index >= 15 is 0 Å². The van der Waals surface area contributed by atoms with Crippen molar-refractivity contribution in [1.82, 2.24) is 9.55 Å². The Kier molecular flexibility index (Phi) is 9.73. The summed E-state index contributed by atoms with van der Waals surface area (Å²) in [5.41, 5.74) is 0.313. The first-order valence-corrected chi connectivity index (χ1v) is 15.5. The van der Waals surface area contributed by atoms with Gasteiger partial charge < -0.3 is 13.7 Å². The van der Waals surface area contributed by atoms with Gasteiger partial charge in [-0.2, -0.15) is 0 Å². The first-order valence-electron chi connectivity index (χ1n) is 10.8. The van der Waals surface area contributed by atoms with Crippen LogP contribution in [-0.4, -0.2) is 42.3 Å². The Labute approximate surface area is 207 Å². The van der Waals surface area contributed by atoms with Crippen molar-refractivity contribution >= 4 is 49.3 Å². The number of ether oxygens (including phenoxy) is 1. The average molecular weight is 518 g/mol. The van der Waals surface area contributed by atoms with E-state index in [-0.39, 0.29) is 17.2 Å². The van der Waals surface area contributed by atoms with Crippen LogP contribution in [0.25, 0.3) is 0 Å². The first kappa shape index (κ1) is 27.3. The van der Waals surface area contributed by atoms with E-state index in [2.05, 4.69) is 45.8 Å². The average Bonchev–Trinajstić information content (AvgIpc) is 3.16. The summed E-state index contributed by atoms with van der Waals surface area (Å²) in [7, 11) is -1.97. The predicted octanol–water partition coefficient (Wildman–Crippen LogP) is 7.50. The lowest BCUT2D eigenvalue weighted by molar-refractivity contribution is 0.0519. The molecule has 0 spiro atoms. The lowest BCUT2D eigenvalue weighted by atomic mass is 10.1. The number of nitrogens with zero attached hydrogens (tertiary/aromatic N) is 2. The molecule has 0 N–H and O–H groups in total. The number of esters is 1. The van der Waals surface area contributed by atoms with Crippen LogP contribution in [0, 0.1) is 0 Å². The van der Waals surface area contributed by atoms with E-state index in [0.29, 0.717) is 22.3 Å². The minimum atomic E-state index is -1.97. The lowest BCUT2D eigenvalue weighted by Gasteiger charge is -2.40. The smallest absolute Gasteiger partial charge is 0.358 e. The first-order chi connectivity index (χ1) is 14.9. The molecule has 0 amide bonds. The number of rotatable bonds is 10. The zero-order valence-electron chi connectivity index (χ0n) is 19.9. The molecule has 2 unspecified atom stereocenters. The van der Waals surface area contributed by atoms with E-state index in [0.717, 1.165) is 17.1 Å². The van der Waals surface area contributed by atoms with Gasteiger partial charge in [-0.1, -0.05) is 44.0 Å². The highest BCUT2D eigenvalue weighted by Gasteiger charge is 2.40. The number of aromatic nitrogens is 2. The molecule has 2 aromatic rings. The van der Waals surface area contributed by atoms with E-state index in [1.54, 1.807) is 31.2 Å². The van der Waals surface area contributed by atoms with Crippen LogP contribution in [0.3, 0.4) is 0 Å². The summed E-state index contributed by atoms with van der Waals surface area (Å²) >= 11 is 13.9. The van der Waals surface area contributed by atoms with Gasteiger partial charge in [0.1, 0.15) is 0 Å². The van der Waals surface area contributed by atoms with Crippen molar-refractivity contribution < 1.29 is 14.0 Å². The van der Waals surface area contributed by atoms with Gasteiger partial charge in [-0.3, -0.25) is 0 Å². The van der Waals surface area contributed by atoms with Gasteiger partial charge in [0.2, 0.25) is 0 Å². The Morgan fingerprint density at radius 1 is 1.25 bits per heavy atom. The predicted molar refractivity (Wildman–Crippen MR) is 137 cm³/mol. The number of carbonyl (C=O) groups excluding carboxylic acids is 1. The summed E-state index contributed by atoms with van der Waals surface area (Å²) < 4.78 is 13.8. The fourth-order valence-corrected chi connectivity index (χ4v) is 5.80. The molecule has 178 valence electrons. The highest BCUT2D eigenvalue weighted by molar-refractivity contribution is 7.99. The molecule has 0 aliphatic carbocycles. The lowest BCUT2D eigenvalue weighted by Crippen LogP contribution is -2.45. The molecular formula is C23H34Cl2N2O3SSi. The third kappa shape index (κ3) is 7.25. The molecule has 2 rings (SSSR count). The molecule has 0 radical (unpaired) electrons. The molecule has 0 aliphatic heterocycles. The minimum Gasteiger partial charge on any atom is -0.461 e. The molecule has 1 heterocycles. The Morgan fingerprint density at radius 3 is 2.53 bits per heavy atom. The number of carbonyl (C=O) groups is 1. The minimum absolute atomic E-state index is 0.0232. The van der Waals surface area contributed by atoms with Gasteiger partial charge in [-0.25, -0.2) is 9.78 Å². The Hall–Kier alpha value is -0.993. The van der Waals surface area contributed by atoms with E-state index in [1.165, 1.54) is 0 Å². The van der Waals surface area contributed by atoms with Crippen LogP contribution in [-0.2, 0) is 9.16 Å². The molecule has 9 heteroatoms. The molecule has 0 saturated heterocycles. The molecular weight excluding hydrogens is 483 g/mol. The van der Waals surface area contributed by atoms with Crippen molar-refractivity contribution in [3.63, 3.8) is 0 Å². The second-order valence-corrected chi connectivity index (χ2v) is 16.0. The van der Waals surface area contributed by atoms with Crippen LogP contribution in [0.4, 0.5) is 0 Å².